The number of hydrogen-bond donors (Lipinski definition) is 1. The summed E-state index contributed by atoms with van der Waals surface area (Å²) < 4.78 is 6.17. The van der Waals surface area contributed by atoms with Crippen molar-refractivity contribution in [1.29, 1.82) is 0 Å². The van der Waals surface area contributed by atoms with Crippen LogP contribution in [0.4, 0.5) is 0 Å². The van der Waals surface area contributed by atoms with E-state index in [4.69, 9.17) is 9.73 Å². The van der Waals surface area contributed by atoms with Gasteiger partial charge in [-0.1, -0.05) is 37.3 Å². The number of halogens is 1. The Hall–Kier alpha value is -0.900. The van der Waals surface area contributed by atoms with Gasteiger partial charge in [0, 0.05) is 45.8 Å². The van der Waals surface area contributed by atoms with E-state index in [0.29, 0.717) is 12.0 Å². The van der Waals surface area contributed by atoms with Crippen molar-refractivity contribution in [2.75, 3.05) is 59.0 Å². The van der Waals surface area contributed by atoms with Crippen LogP contribution in [-0.2, 0) is 11.3 Å². The van der Waals surface area contributed by atoms with E-state index in [1.54, 1.807) is 0 Å². The lowest BCUT2D eigenvalue weighted by atomic mass is 10.1. The smallest absolute Gasteiger partial charge is 0.194 e. The number of ether oxygens (including phenoxy) is 1. The molecule has 0 bridgehead atoms. The van der Waals surface area contributed by atoms with Gasteiger partial charge in [0.05, 0.1) is 18.8 Å². The molecule has 31 heavy (non-hydrogen) atoms. The SMILES string of the molecule is CCCN1CCC(CN=C(NCC)N2CC3OCCN(Cc4ccccc4)C3C2)C1.I. The van der Waals surface area contributed by atoms with Crippen LogP contribution in [0.3, 0.4) is 0 Å². The highest BCUT2D eigenvalue weighted by Gasteiger charge is 2.41. The number of hydrogen-bond acceptors (Lipinski definition) is 4. The number of aliphatic imine (C=N–C) groups is 1. The zero-order valence-corrected chi connectivity index (χ0v) is 21.5. The summed E-state index contributed by atoms with van der Waals surface area (Å²) in [5, 5.41) is 3.55. The van der Waals surface area contributed by atoms with Crippen LogP contribution in [0.5, 0.6) is 0 Å². The highest BCUT2D eigenvalue weighted by atomic mass is 127. The minimum atomic E-state index is 0. The van der Waals surface area contributed by atoms with E-state index in [-0.39, 0.29) is 30.1 Å². The van der Waals surface area contributed by atoms with Crippen LogP contribution in [0.1, 0.15) is 32.3 Å². The first-order valence-electron chi connectivity index (χ1n) is 11.9. The Kier molecular flexibility index (Phi) is 9.87. The zero-order chi connectivity index (χ0) is 20.8. The molecule has 0 spiro atoms. The van der Waals surface area contributed by atoms with Crippen molar-refractivity contribution in [3.8, 4) is 0 Å². The maximum absolute atomic E-state index is 6.17. The van der Waals surface area contributed by atoms with Crippen LogP contribution in [0.25, 0.3) is 0 Å². The second kappa shape index (κ2) is 12.4. The number of benzene rings is 1. The van der Waals surface area contributed by atoms with E-state index in [1.165, 1.54) is 38.0 Å². The summed E-state index contributed by atoms with van der Waals surface area (Å²) in [5.41, 5.74) is 1.38. The Morgan fingerprint density at radius 3 is 2.74 bits per heavy atom. The highest BCUT2D eigenvalue weighted by Crippen LogP contribution is 2.25. The number of nitrogens with zero attached hydrogens (tertiary/aromatic N) is 4. The molecule has 0 aromatic heterocycles. The molecule has 3 fully saturated rings. The van der Waals surface area contributed by atoms with Gasteiger partial charge in [0.25, 0.3) is 0 Å². The molecule has 0 aliphatic carbocycles. The molecule has 6 nitrogen and oxygen atoms in total. The monoisotopic (exact) mass is 541 g/mol. The predicted molar refractivity (Wildman–Crippen MR) is 138 cm³/mol. The molecule has 3 atom stereocenters. The predicted octanol–water partition coefficient (Wildman–Crippen LogP) is 2.89. The van der Waals surface area contributed by atoms with Crippen LogP contribution in [0.15, 0.2) is 35.3 Å². The molecule has 7 heteroatoms. The molecule has 1 N–H and O–H groups in total. The molecule has 174 valence electrons. The van der Waals surface area contributed by atoms with Gasteiger partial charge in [-0.15, -0.1) is 24.0 Å². The molecular weight excluding hydrogens is 501 g/mol. The lowest BCUT2D eigenvalue weighted by molar-refractivity contribution is -0.0502. The van der Waals surface area contributed by atoms with Crippen LogP contribution < -0.4 is 5.32 Å². The zero-order valence-electron chi connectivity index (χ0n) is 19.2. The Balaban J connectivity index is 0.00000272. The Labute approximate surface area is 205 Å². The fourth-order valence-electron chi connectivity index (χ4n) is 5.17. The van der Waals surface area contributed by atoms with Gasteiger partial charge in [-0.2, -0.15) is 0 Å². The summed E-state index contributed by atoms with van der Waals surface area (Å²) in [5.74, 6) is 1.77. The molecule has 0 radical (unpaired) electrons. The summed E-state index contributed by atoms with van der Waals surface area (Å²) in [7, 11) is 0. The summed E-state index contributed by atoms with van der Waals surface area (Å²) in [6.07, 6.45) is 2.80. The molecule has 3 heterocycles. The number of likely N-dealkylation sites (tertiary alicyclic amines) is 2. The molecule has 3 aliphatic rings. The van der Waals surface area contributed by atoms with E-state index < -0.39 is 0 Å². The molecule has 4 rings (SSSR count). The molecule has 3 aliphatic heterocycles. The van der Waals surface area contributed by atoms with Crippen LogP contribution in [-0.4, -0.2) is 91.8 Å². The summed E-state index contributed by atoms with van der Waals surface area (Å²) in [4.78, 5) is 12.7. The van der Waals surface area contributed by atoms with Crippen molar-refractivity contribution >= 4 is 29.9 Å². The van der Waals surface area contributed by atoms with Crippen molar-refractivity contribution in [2.45, 2.75) is 45.4 Å². The van der Waals surface area contributed by atoms with Crippen molar-refractivity contribution in [3.05, 3.63) is 35.9 Å². The van der Waals surface area contributed by atoms with Gasteiger partial charge in [0.15, 0.2) is 5.96 Å². The lowest BCUT2D eigenvalue weighted by Crippen LogP contribution is -2.50. The highest BCUT2D eigenvalue weighted by molar-refractivity contribution is 14.0. The Morgan fingerprint density at radius 2 is 1.97 bits per heavy atom. The standard InChI is InChI=1S/C24H39N5O.HI/c1-3-11-27-12-10-21(16-27)15-26-24(25-4-2)29-18-22-23(19-29)30-14-13-28(22)17-20-8-6-5-7-9-20;/h5-9,21-23H,3-4,10-19H2,1-2H3,(H,25,26);1H. The van der Waals surface area contributed by atoms with Gasteiger partial charge in [0.1, 0.15) is 0 Å². The molecule has 0 amide bonds. The maximum atomic E-state index is 6.17. The third-order valence-corrected chi connectivity index (χ3v) is 6.69. The average molecular weight is 542 g/mol. The largest absolute Gasteiger partial charge is 0.373 e. The summed E-state index contributed by atoms with van der Waals surface area (Å²) in [6.45, 7) is 14.7. The van der Waals surface area contributed by atoms with Crippen molar-refractivity contribution < 1.29 is 4.74 Å². The quantitative estimate of drug-likeness (QED) is 0.327. The molecular formula is C24H40IN5O. The normalized spacial score (nSPS) is 27.2. The maximum Gasteiger partial charge on any atom is 0.194 e. The second-order valence-corrected chi connectivity index (χ2v) is 8.99. The van der Waals surface area contributed by atoms with E-state index >= 15 is 0 Å². The first kappa shape index (κ1) is 24.7. The van der Waals surface area contributed by atoms with Gasteiger partial charge in [-0.25, -0.2) is 0 Å². The fourth-order valence-corrected chi connectivity index (χ4v) is 5.17. The van der Waals surface area contributed by atoms with Crippen molar-refractivity contribution in [2.24, 2.45) is 10.9 Å². The van der Waals surface area contributed by atoms with E-state index in [2.05, 4.69) is 64.2 Å². The Morgan fingerprint density at radius 1 is 1.13 bits per heavy atom. The number of fused-ring (bicyclic) bond motifs is 1. The first-order chi connectivity index (χ1) is 14.8. The molecule has 1 aromatic rings. The summed E-state index contributed by atoms with van der Waals surface area (Å²) in [6, 6.07) is 11.3. The van der Waals surface area contributed by atoms with Crippen LogP contribution in [0.2, 0.25) is 0 Å². The van der Waals surface area contributed by atoms with Gasteiger partial charge in [0.2, 0.25) is 0 Å². The summed E-state index contributed by atoms with van der Waals surface area (Å²) >= 11 is 0. The van der Waals surface area contributed by atoms with Gasteiger partial charge in [-0.05, 0) is 44.3 Å². The average Bonchev–Trinajstić information content (AvgIpc) is 3.40. The van der Waals surface area contributed by atoms with Crippen LogP contribution >= 0.6 is 24.0 Å². The van der Waals surface area contributed by atoms with Gasteiger partial charge < -0.3 is 19.9 Å². The molecule has 3 saturated heterocycles. The minimum Gasteiger partial charge on any atom is -0.373 e. The topological polar surface area (TPSA) is 43.3 Å². The number of guanidine groups is 1. The van der Waals surface area contributed by atoms with Crippen molar-refractivity contribution in [3.63, 3.8) is 0 Å². The molecule has 0 saturated carbocycles. The number of rotatable bonds is 7. The molecule has 3 unspecified atom stereocenters. The number of morpholine rings is 1. The third-order valence-electron chi connectivity index (χ3n) is 6.69. The number of nitrogens with one attached hydrogen (secondary N) is 1. The van der Waals surface area contributed by atoms with E-state index in [0.717, 1.165) is 51.8 Å². The fraction of sp³-hybridized carbons (Fsp3) is 0.708. The lowest BCUT2D eigenvalue weighted by Gasteiger charge is -2.36. The first-order valence-corrected chi connectivity index (χ1v) is 11.9. The van der Waals surface area contributed by atoms with E-state index in [9.17, 15) is 0 Å². The Bertz CT molecular complexity index is 688. The second-order valence-electron chi connectivity index (χ2n) is 8.99. The third kappa shape index (κ3) is 6.55. The van der Waals surface area contributed by atoms with E-state index in [1.807, 2.05) is 0 Å². The van der Waals surface area contributed by atoms with Gasteiger partial charge in [-0.3, -0.25) is 9.89 Å². The minimum absolute atomic E-state index is 0. The van der Waals surface area contributed by atoms with Crippen LogP contribution in [0, 0.1) is 5.92 Å². The van der Waals surface area contributed by atoms with Gasteiger partial charge >= 0.3 is 0 Å². The van der Waals surface area contributed by atoms with Crippen molar-refractivity contribution in [1.82, 2.24) is 20.0 Å². The molecule has 1 aromatic carbocycles.